The molecule has 0 heterocycles. The maximum absolute atomic E-state index is 12.1. The first-order chi connectivity index (χ1) is 5.47. The van der Waals surface area contributed by atoms with Gasteiger partial charge in [0.2, 0.25) is 0 Å². The lowest BCUT2D eigenvalue weighted by molar-refractivity contribution is 0.551. The molecular formula is C7H9ClFNO2S. The number of rotatable bonds is 2. The molecule has 1 aromatic carbocycles. The van der Waals surface area contributed by atoms with Crippen molar-refractivity contribution in [1.29, 1.82) is 0 Å². The molecule has 0 radical (unpaired) electrons. The molecule has 2 N–H and O–H groups in total. The molecule has 1 aromatic rings. The summed E-state index contributed by atoms with van der Waals surface area (Å²) in [5.41, 5.74) is 6.27. The molecule has 0 saturated carbocycles. The first-order valence-electron chi connectivity index (χ1n) is 3.24. The van der Waals surface area contributed by atoms with Crippen molar-refractivity contribution in [3.05, 3.63) is 29.8 Å². The number of hydrogen-bond donors (Lipinski definition) is 1. The van der Waals surface area contributed by atoms with Gasteiger partial charge in [0.05, 0.1) is 0 Å². The van der Waals surface area contributed by atoms with Crippen LogP contribution in [0, 0.1) is 0 Å². The molecule has 74 valence electrons. The van der Waals surface area contributed by atoms with Gasteiger partial charge in [0.1, 0.15) is 5.75 Å². The smallest absolute Gasteiger partial charge is 0.306 e. The Bertz CT molecular complexity index is 363. The fourth-order valence-corrected chi connectivity index (χ4v) is 1.40. The second-order valence-corrected chi connectivity index (χ2v) is 3.79. The van der Waals surface area contributed by atoms with Crippen LogP contribution in [0.25, 0.3) is 0 Å². The molecule has 0 unspecified atom stereocenters. The summed E-state index contributed by atoms with van der Waals surface area (Å²) in [5, 5.41) is 0. The van der Waals surface area contributed by atoms with Crippen LogP contribution >= 0.6 is 12.4 Å². The van der Waals surface area contributed by atoms with E-state index >= 15 is 0 Å². The number of nitrogen functional groups attached to an aromatic ring is 1. The van der Waals surface area contributed by atoms with Crippen molar-refractivity contribution in [3.63, 3.8) is 0 Å². The molecule has 0 fully saturated rings. The highest BCUT2D eigenvalue weighted by molar-refractivity contribution is 7.85. The van der Waals surface area contributed by atoms with Crippen LogP contribution in [0.1, 0.15) is 5.56 Å². The number of benzene rings is 1. The largest absolute Gasteiger partial charge is 0.399 e. The van der Waals surface area contributed by atoms with Crippen molar-refractivity contribution in [3.8, 4) is 0 Å². The van der Waals surface area contributed by atoms with Crippen molar-refractivity contribution in [2.75, 3.05) is 5.73 Å². The van der Waals surface area contributed by atoms with E-state index in [1.165, 1.54) is 24.3 Å². The molecule has 0 bridgehead atoms. The Morgan fingerprint density at radius 1 is 1.23 bits per heavy atom. The Kier molecular flexibility index (Phi) is 4.16. The normalized spacial score (nSPS) is 10.5. The first-order valence-corrected chi connectivity index (χ1v) is 4.79. The van der Waals surface area contributed by atoms with Crippen molar-refractivity contribution < 1.29 is 12.3 Å². The van der Waals surface area contributed by atoms with Crippen molar-refractivity contribution in [2.24, 2.45) is 0 Å². The van der Waals surface area contributed by atoms with Gasteiger partial charge >= 0.3 is 10.2 Å². The molecule has 6 heteroatoms. The Labute approximate surface area is 82.4 Å². The lowest BCUT2D eigenvalue weighted by atomic mass is 10.2. The Balaban J connectivity index is 0.00000144. The number of hydrogen-bond acceptors (Lipinski definition) is 3. The van der Waals surface area contributed by atoms with Gasteiger partial charge < -0.3 is 5.73 Å². The standard InChI is InChI=1S/C7H8FNO2S.ClH/c8-12(10,11)5-6-1-3-7(9)4-2-6;/h1-4H,5,9H2;1H. The van der Waals surface area contributed by atoms with E-state index in [0.717, 1.165) is 0 Å². The van der Waals surface area contributed by atoms with E-state index in [4.69, 9.17) is 5.73 Å². The molecule has 0 aliphatic rings. The first kappa shape index (κ1) is 12.2. The lowest BCUT2D eigenvalue weighted by Crippen LogP contribution is -1.96. The minimum atomic E-state index is -4.43. The van der Waals surface area contributed by atoms with E-state index in [1.54, 1.807) is 0 Å². The lowest BCUT2D eigenvalue weighted by Gasteiger charge is -1.96. The fraction of sp³-hybridized carbons (Fsp3) is 0.143. The van der Waals surface area contributed by atoms with Gasteiger partial charge in [-0.2, -0.15) is 8.42 Å². The van der Waals surface area contributed by atoms with Gasteiger partial charge in [0, 0.05) is 5.69 Å². The Morgan fingerprint density at radius 3 is 2.08 bits per heavy atom. The average Bonchev–Trinajstić information content (AvgIpc) is 1.91. The van der Waals surface area contributed by atoms with Crippen LogP contribution < -0.4 is 5.73 Å². The van der Waals surface area contributed by atoms with Gasteiger partial charge in [-0.1, -0.05) is 12.1 Å². The van der Waals surface area contributed by atoms with Crippen molar-refractivity contribution in [1.82, 2.24) is 0 Å². The summed E-state index contributed by atoms with van der Waals surface area (Å²) < 4.78 is 32.5. The zero-order chi connectivity index (χ0) is 9.19. The highest BCUT2D eigenvalue weighted by Crippen LogP contribution is 2.09. The van der Waals surface area contributed by atoms with Gasteiger partial charge in [-0.25, -0.2) is 0 Å². The van der Waals surface area contributed by atoms with Crippen LogP contribution in [0.5, 0.6) is 0 Å². The summed E-state index contributed by atoms with van der Waals surface area (Å²) in [4.78, 5) is 0. The van der Waals surface area contributed by atoms with Crippen LogP contribution in [0.15, 0.2) is 24.3 Å². The number of anilines is 1. The van der Waals surface area contributed by atoms with Crippen LogP contribution in [-0.4, -0.2) is 8.42 Å². The Hall–Kier alpha value is -0.810. The third-order valence-electron chi connectivity index (χ3n) is 1.32. The SMILES string of the molecule is Cl.Nc1ccc(CS(=O)(=O)F)cc1. The van der Waals surface area contributed by atoms with Gasteiger partial charge in [-0.15, -0.1) is 16.3 Å². The topological polar surface area (TPSA) is 60.2 Å². The van der Waals surface area contributed by atoms with Crippen LogP contribution in [0.4, 0.5) is 9.57 Å². The molecule has 0 saturated heterocycles. The quantitative estimate of drug-likeness (QED) is 0.613. The maximum atomic E-state index is 12.1. The molecule has 0 aliphatic carbocycles. The summed E-state index contributed by atoms with van der Waals surface area (Å²) in [6.07, 6.45) is 0. The van der Waals surface area contributed by atoms with E-state index in [1.807, 2.05) is 0 Å². The zero-order valence-electron chi connectivity index (χ0n) is 6.60. The third-order valence-corrected chi connectivity index (χ3v) is 2.00. The molecule has 0 aliphatic heterocycles. The molecule has 0 amide bonds. The highest BCUT2D eigenvalue weighted by Gasteiger charge is 2.07. The molecule has 13 heavy (non-hydrogen) atoms. The molecule has 3 nitrogen and oxygen atoms in total. The van der Waals surface area contributed by atoms with Crippen LogP contribution in [-0.2, 0) is 16.0 Å². The van der Waals surface area contributed by atoms with Crippen LogP contribution in [0.2, 0.25) is 0 Å². The van der Waals surface area contributed by atoms with E-state index in [0.29, 0.717) is 11.3 Å². The molecular weight excluding hydrogens is 217 g/mol. The predicted octanol–water partition coefficient (Wildman–Crippen LogP) is 1.49. The summed E-state index contributed by atoms with van der Waals surface area (Å²) in [5.74, 6) is -0.590. The Morgan fingerprint density at radius 2 is 1.69 bits per heavy atom. The summed E-state index contributed by atoms with van der Waals surface area (Å²) in [7, 11) is -4.43. The number of halogens is 2. The van der Waals surface area contributed by atoms with E-state index in [-0.39, 0.29) is 12.4 Å². The van der Waals surface area contributed by atoms with Gasteiger partial charge in [0.25, 0.3) is 0 Å². The maximum Gasteiger partial charge on any atom is 0.306 e. The van der Waals surface area contributed by atoms with Gasteiger partial charge in [-0.05, 0) is 17.7 Å². The molecule has 0 aromatic heterocycles. The van der Waals surface area contributed by atoms with Crippen LogP contribution in [0.3, 0.4) is 0 Å². The van der Waals surface area contributed by atoms with E-state index < -0.39 is 16.0 Å². The average molecular weight is 226 g/mol. The summed E-state index contributed by atoms with van der Waals surface area (Å²) in [6, 6.07) is 6.01. The number of nitrogens with two attached hydrogens (primary N) is 1. The fourth-order valence-electron chi connectivity index (χ4n) is 0.813. The third kappa shape index (κ3) is 4.69. The summed E-state index contributed by atoms with van der Waals surface area (Å²) >= 11 is 0. The van der Waals surface area contributed by atoms with E-state index in [9.17, 15) is 12.3 Å². The van der Waals surface area contributed by atoms with Gasteiger partial charge in [0.15, 0.2) is 0 Å². The van der Waals surface area contributed by atoms with Crippen molar-refractivity contribution >= 4 is 28.3 Å². The van der Waals surface area contributed by atoms with E-state index in [2.05, 4.69) is 0 Å². The van der Waals surface area contributed by atoms with Crippen molar-refractivity contribution in [2.45, 2.75) is 5.75 Å². The van der Waals surface area contributed by atoms with Gasteiger partial charge in [-0.3, -0.25) is 0 Å². The predicted molar refractivity (Wildman–Crippen MR) is 51.8 cm³/mol. The minimum absolute atomic E-state index is 0. The summed E-state index contributed by atoms with van der Waals surface area (Å²) in [6.45, 7) is 0. The molecule has 0 atom stereocenters. The molecule has 1 rings (SSSR count). The second kappa shape index (κ2) is 4.43. The monoisotopic (exact) mass is 225 g/mol. The zero-order valence-corrected chi connectivity index (χ0v) is 8.24. The molecule has 0 spiro atoms. The minimum Gasteiger partial charge on any atom is -0.399 e. The highest BCUT2D eigenvalue weighted by atomic mass is 35.5. The second-order valence-electron chi connectivity index (χ2n) is 2.42.